The maximum absolute atomic E-state index is 10.7. The van der Waals surface area contributed by atoms with Crippen LogP contribution in [0.4, 0.5) is 5.69 Å². The van der Waals surface area contributed by atoms with Gasteiger partial charge in [0.05, 0.1) is 11.5 Å². The second-order valence-electron chi connectivity index (χ2n) is 5.73. The van der Waals surface area contributed by atoms with E-state index >= 15 is 0 Å². The first kappa shape index (κ1) is 17.5. The van der Waals surface area contributed by atoms with Crippen molar-refractivity contribution in [3.05, 3.63) is 64.2 Å². The molecule has 1 atom stereocenters. The summed E-state index contributed by atoms with van der Waals surface area (Å²) in [4.78, 5) is 14.4. The highest BCUT2D eigenvalue weighted by Gasteiger charge is 2.20. The van der Waals surface area contributed by atoms with Gasteiger partial charge in [-0.25, -0.2) is 0 Å². The van der Waals surface area contributed by atoms with E-state index in [1.54, 1.807) is 19.2 Å². The molecule has 1 aliphatic heterocycles. The molecule has 2 aromatic carbocycles. The van der Waals surface area contributed by atoms with E-state index in [0.717, 1.165) is 17.1 Å². The summed E-state index contributed by atoms with van der Waals surface area (Å²) in [7, 11) is 1.68. The number of nitrogens with one attached hydrogen (secondary N) is 2. The van der Waals surface area contributed by atoms with Gasteiger partial charge in [0.15, 0.2) is 17.5 Å². The molecule has 0 aliphatic carbocycles. The Morgan fingerprint density at radius 2 is 1.92 bits per heavy atom. The van der Waals surface area contributed by atoms with Crippen molar-refractivity contribution in [3.8, 4) is 11.5 Å². The molecule has 2 aromatic rings. The second kappa shape index (κ2) is 8.19. The fourth-order valence-corrected chi connectivity index (χ4v) is 2.52. The molecule has 0 saturated carbocycles. The maximum Gasteiger partial charge on any atom is 0.269 e. The van der Waals surface area contributed by atoms with Crippen molar-refractivity contribution in [2.24, 2.45) is 4.99 Å². The minimum atomic E-state index is -0.415. The van der Waals surface area contributed by atoms with E-state index in [0.29, 0.717) is 25.7 Å². The minimum absolute atomic E-state index is 0.0750. The van der Waals surface area contributed by atoms with Crippen LogP contribution in [-0.4, -0.2) is 37.2 Å². The van der Waals surface area contributed by atoms with E-state index in [9.17, 15) is 10.1 Å². The van der Waals surface area contributed by atoms with Crippen molar-refractivity contribution in [1.29, 1.82) is 0 Å². The molecule has 0 fully saturated rings. The zero-order valence-electron chi connectivity index (χ0n) is 14.3. The lowest BCUT2D eigenvalue weighted by Gasteiger charge is -2.27. The molecule has 0 radical (unpaired) electrons. The number of aliphatic imine (C=N–C) groups is 1. The molecule has 1 unspecified atom stereocenters. The van der Waals surface area contributed by atoms with Crippen LogP contribution in [0.15, 0.2) is 53.5 Å². The minimum Gasteiger partial charge on any atom is -0.486 e. The summed E-state index contributed by atoms with van der Waals surface area (Å²) in [6.07, 6.45) is -0.122. The number of hydrogen-bond acceptors (Lipinski definition) is 5. The Bertz CT molecular complexity index is 792. The van der Waals surface area contributed by atoms with Crippen LogP contribution < -0.4 is 20.1 Å². The number of non-ortho nitro benzene ring substituents is 1. The van der Waals surface area contributed by atoms with Crippen LogP contribution in [0.2, 0.25) is 0 Å². The van der Waals surface area contributed by atoms with Gasteiger partial charge >= 0.3 is 0 Å². The quantitative estimate of drug-likeness (QED) is 0.368. The summed E-state index contributed by atoms with van der Waals surface area (Å²) >= 11 is 0. The molecule has 8 nitrogen and oxygen atoms in total. The lowest BCUT2D eigenvalue weighted by molar-refractivity contribution is -0.384. The molecule has 0 saturated heterocycles. The Morgan fingerprint density at radius 1 is 1.19 bits per heavy atom. The summed E-state index contributed by atoms with van der Waals surface area (Å²) in [5, 5.41) is 17.0. The van der Waals surface area contributed by atoms with Gasteiger partial charge in [0, 0.05) is 25.7 Å². The SMILES string of the molecule is CN=C(NCc1ccc([N+](=O)[O-])cc1)NCC1COc2ccccc2O1. The van der Waals surface area contributed by atoms with Crippen molar-refractivity contribution in [2.45, 2.75) is 12.6 Å². The zero-order valence-corrected chi connectivity index (χ0v) is 14.3. The van der Waals surface area contributed by atoms with Crippen molar-refractivity contribution in [1.82, 2.24) is 10.6 Å². The molecular weight excluding hydrogens is 336 g/mol. The monoisotopic (exact) mass is 356 g/mol. The van der Waals surface area contributed by atoms with Crippen LogP contribution in [0.5, 0.6) is 11.5 Å². The van der Waals surface area contributed by atoms with Crippen molar-refractivity contribution in [3.63, 3.8) is 0 Å². The van der Waals surface area contributed by atoms with Crippen LogP contribution in [0.3, 0.4) is 0 Å². The smallest absolute Gasteiger partial charge is 0.269 e. The predicted octanol–water partition coefficient (Wildman–Crippen LogP) is 2.10. The molecular formula is C18H20N4O4. The van der Waals surface area contributed by atoms with Gasteiger partial charge in [0.1, 0.15) is 12.7 Å². The number of para-hydroxylation sites is 2. The van der Waals surface area contributed by atoms with Gasteiger partial charge in [-0.2, -0.15) is 0 Å². The molecule has 1 aliphatic rings. The second-order valence-corrected chi connectivity index (χ2v) is 5.73. The number of nitrogens with zero attached hydrogens (tertiary/aromatic N) is 2. The van der Waals surface area contributed by atoms with E-state index in [1.165, 1.54) is 12.1 Å². The standard InChI is InChI=1S/C18H20N4O4/c1-19-18(20-10-13-6-8-14(9-7-13)22(23)24)21-11-15-12-25-16-4-2-3-5-17(16)26-15/h2-9,15H,10-12H2,1H3,(H2,19,20,21). The van der Waals surface area contributed by atoms with Gasteiger partial charge in [-0.15, -0.1) is 0 Å². The van der Waals surface area contributed by atoms with Gasteiger partial charge in [-0.05, 0) is 17.7 Å². The number of rotatable bonds is 5. The van der Waals surface area contributed by atoms with Crippen LogP contribution >= 0.6 is 0 Å². The third-order valence-electron chi connectivity index (χ3n) is 3.90. The molecule has 8 heteroatoms. The predicted molar refractivity (Wildman–Crippen MR) is 97.7 cm³/mol. The van der Waals surface area contributed by atoms with Crippen LogP contribution in [0.25, 0.3) is 0 Å². The average molecular weight is 356 g/mol. The Kier molecular flexibility index (Phi) is 5.52. The van der Waals surface area contributed by atoms with Gasteiger partial charge in [-0.3, -0.25) is 15.1 Å². The fourth-order valence-electron chi connectivity index (χ4n) is 2.52. The van der Waals surface area contributed by atoms with Crippen LogP contribution in [-0.2, 0) is 6.54 Å². The largest absolute Gasteiger partial charge is 0.486 e. The Balaban J connectivity index is 1.47. The molecule has 3 rings (SSSR count). The van der Waals surface area contributed by atoms with Crippen LogP contribution in [0, 0.1) is 10.1 Å². The third-order valence-corrected chi connectivity index (χ3v) is 3.90. The normalized spacial score (nSPS) is 16.0. The van der Waals surface area contributed by atoms with E-state index in [-0.39, 0.29) is 11.8 Å². The first-order chi connectivity index (χ1) is 12.7. The number of nitro benzene ring substituents is 1. The first-order valence-electron chi connectivity index (χ1n) is 8.22. The highest BCUT2D eigenvalue weighted by atomic mass is 16.6. The van der Waals surface area contributed by atoms with Crippen molar-refractivity contribution in [2.75, 3.05) is 20.2 Å². The van der Waals surface area contributed by atoms with E-state index in [2.05, 4.69) is 15.6 Å². The van der Waals surface area contributed by atoms with E-state index in [1.807, 2.05) is 24.3 Å². The lowest BCUT2D eigenvalue weighted by Crippen LogP contribution is -2.45. The average Bonchev–Trinajstić information content (AvgIpc) is 2.68. The van der Waals surface area contributed by atoms with E-state index < -0.39 is 4.92 Å². The van der Waals surface area contributed by atoms with Gasteiger partial charge in [0.25, 0.3) is 5.69 Å². The van der Waals surface area contributed by atoms with Crippen LogP contribution in [0.1, 0.15) is 5.56 Å². The number of hydrogen-bond donors (Lipinski definition) is 2. The molecule has 0 aromatic heterocycles. The molecule has 136 valence electrons. The summed E-state index contributed by atoms with van der Waals surface area (Å²) in [6.45, 7) is 1.50. The van der Waals surface area contributed by atoms with Crippen molar-refractivity contribution >= 4 is 11.6 Å². The number of benzene rings is 2. The number of ether oxygens (including phenoxy) is 2. The molecule has 0 bridgehead atoms. The number of fused-ring (bicyclic) bond motifs is 1. The third kappa shape index (κ3) is 4.41. The summed E-state index contributed by atoms with van der Waals surface area (Å²) in [6, 6.07) is 14.0. The zero-order chi connectivity index (χ0) is 18.4. The fraction of sp³-hybridized carbons (Fsp3) is 0.278. The lowest BCUT2D eigenvalue weighted by atomic mass is 10.2. The maximum atomic E-state index is 10.7. The molecule has 2 N–H and O–H groups in total. The molecule has 0 amide bonds. The van der Waals surface area contributed by atoms with Crippen molar-refractivity contribution < 1.29 is 14.4 Å². The Hall–Kier alpha value is -3.29. The van der Waals surface area contributed by atoms with Gasteiger partial charge < -0.3 is 20.1 Å². The Labute approximate surface area is 151 Å². The summed E-state index contributed by atoms with van der Waals surface area (Å²) in [5.41, 5.74) is 0.996. The van der Waals surface area contributed by atoms with E-state index in [4.69, 9.17) is 9.47 Å². The summed E-state index contributed by atoms with van der Waals surface area (Å²) < 4.78 is 11.6. The topological polar surface area (TPSA) is 98.0 Å². The highest BCUT2D eigenvalue weighted by Crippen LogP contribution is 2.30. The summed E-state index contributed by atoms with van der Waals surface area (Å²) in [5.74, 6) is 2.11. The number of nitro groups is 1. The first-order valence-corrected chi connectivity index (χ1v) is 8.22. The van der Waals surface area contributed by atoms with Gasteiger partial charge in [-0.1, -0.05) is 24.3 Å². The molecule has 0 spiro atoms. The molecule has 26 heavy (non-hydrogen) atoms. The highest BCUT2D eigenvalue weighted by molar-refractivity contribution is 5.79. The number of guanidine groups is 1. The molecule has 1 heterocycles. The Morgan fingerprint density at radius 3 is 2.62 bits per heavy atom. The van der Waals surface area contributed by atoms with Gasteiger partial charge in [0.2, 0.25) is 0 Å².